The van der Waals surface area contributed by atoms with Gasteiger partial charge in [-0.2, -0.15) is 0 Å². The minimum atomic E-state index is 0.484. The minimum Gasteiger partial charge on any atom is -0.384 e. The molecule has 0 aliphatic heterocycles. The molecule has 1 heterocycles. The first kappa shape index (κ1) is 12.0. The zero-order valence-electron chi connectivity index (χ0n) is 10.8. The molecular weight excluding hydrogens is 236 g/mol. The fraction of sp³-hybridized carbons (Fsp3) is 0.333. The molecule has 3 rings (SSSR count). The lowest BCUT2D eigenvalue weighted by atomic mass is 9.80. The number of rotatable bonds is 4. The predicted molar refractivity (Wildman–Crippen MR) is 76.8 cm³/mol. The molecule has 4 heteroatoms. The van der Waals surface area contributed by atoms with Crippen molar-refractivity contribution in [3.63, 3.8) is 0 Å². The molecule has 0 radical (unpaired) electrons. The van der Waals surface area contributed by atoms with Gasteiger partial charge in [-0.25, -0.2) is 9.97 Å². The van der Waals surface area contributed by atoms with Gasteiger partial charge in [-0.3, -0.25) is 0 Å². The summed E-state index contributed by atoms with van der Waals surface area (Å²) in [5, 5.41) is 3.25. The van der Waals surface area contributed by atoms with Crippen LogP contribution in [0.2, 0.25) is 0 Å². The van der Waals surface area contributed by atoms with Gasteiger partial charge in [0.2, 0.25) is 0 Å². The first-order valence-electron chi connectivity index (χ1n) is 6.71. The maximum absolute atomic E-state index is 5.61. The Morgan fingerprint density at radius 3 is 2.58 bits per heavy atom. The van der Waals surface area contributed by atoms with Gasteiger partial charge in [0.05, 0.1) is 0 Å². The molecule has 3 N–H and O–H groups in total. The highest BCUT2D eigenvalue weighted by Gasteiger charge is 2.18. The van der Waals surface area contributed by atoms with Crippen molar-refractivity contribution in [2.75, 3.05) is 11.1 Å². The van der Waals surface area contributed by atoms with E-state index in [2.05, 4.69) is 39.6 Å². The van der Waals surface area contributed by atoms with Gasteiger partial charge < -0.3 is 11.1 Å². The monoisotopic (exact) mass is 254 g/mol. The molecule has 1 aromatic carbocycles. The zero-order valence-corrected chi connectivity index (χ0v) is 10.8. The van der Waals surface area contributed by atoms with Crippen molar-refractivity contribution in [2.45, 2.75) is 31.7 Å². The molecule has 0 unspecified atom stereocenters. The number of nitrogens with one attached hydrogen (secondary N) is 1. The molecule has 0 bridgehead atoms. The Morgan fingerprint density at radius 1 is 1.16 bits per heavy atom. The van der Waals surface area contributed by atoms with Crippen LogP contribution in [0, 0.1) is 0 Å². The van der Waals surface area contributed by atoms with Crippen molar-refractivity contribution in [1.82, 2.24) is 9.97 Å². The van der Waals surface area contributed by atoms with Crippen LogP contribution in [-0.4, -0.2) is 9.97 Å². The third-order valence-electron chi connectivity index (χ3n) is 3.72. The van der Waals surface area contributed by atoms with E-state index < -0.39 is 0 Å². The number of nitrogens with two attached hydrogens (primary N) is 1. The van der Waals surface area contributed by atoms with Crippen molar-refractivity contribution in [3.8, 4) is 0 Å². The largest absolute Gasteiger partial charge is 0.384 e. The summed E-state index contributed by atoms with van der Waals surface area (Å²) in [5.74, 6) is 2.04. The van der Waals surface area contributed by atoms with Gasteiger partial charge in [0.1, 0.15) is 18.0 Å². The third kappa shape index (κ3) is 2.84. The summed E-state index contributed by atoms with van der Waals surface area (Å²) in [6, 6.07) is 10.6. The van der Waals surface area contributed by atoms with E-state index in [4.69, 9.17) is 5.73 Å². The van der Waals surface area contributed by atoms with Crippen LogP contribution in [0.25, 0.3) is 0 Å². The Kier molecular flexibility index (Phi) is 3.31. The molecule has 1 fully saturated rings. The highest BCUT2D eigenvalue weighted by molar-refractivity contribution is 5.43. The van der Waals surface area contributed by atoms with Crippen LogP contribution in [0.3, 0.4) is 0 Å². The molecule has 1 saturated carbocycles. The lowest BCUT2D eigenvalue weighted by molar-refractivity contribution is 0.419. The van der Waals surface area contributed by atoms with E-state index in [1.807, 2.05) is 0 Å². The van der Waals surface area contributed by atoms with E-state index in [9.17, 15) is 0 Å². The molecule has 98 valence electrons. The molecule has 0 atom stereocenters. The normalized spacial score (nSPS) is 14.9. The second-order valence-corrected chi connectivity index (χ2v) is 5.05. The van der Waals surface area contributed by atoms with Gasteiger partial charge in [-0.15, -0.1) is 0 Å². The molecule has 0 saturated heterocycles. The molecule has 0 amide bonds. The minimum absolute atomic E-state index is 0.484. The van der Waals surface area contributed by atoms with E-state index in [-0.39, 0.29) is 0 Å². The smallest absolute Gasteiger partial charge is 0.131 e. The Labute approximate surface area is 113 Å². The maximum atomic E-state index is 5.61. The summed E-state index contributed by atoms with van der Waals surface area (Å²) in [5.41, 5.74) is 8.33. The van der Waals surface area contributed by atoms with E-state index >= 15 is 0 Å². The Balaban J connectivity index is 1.60. The van der Waals surface area contributed by atoms with E-state index in [1.165, 1.54) is 36.7 Å². The fourth-order valence-corrected chi connectivity index (χ4v) is 2.31. The van der Waals surface area contributed by atoms with E-state index in [0.29, 0.717) is 5.82 Å². The van der Waals surface area contributed by atoms with Crippen molar-refractivity contribution < 1.29 is 0 Å². The molecule has 2 aromatic rings. The standard InChI is InChI=1S/C15H18N4/c16-14-8-15(19-10-18-14)17-9-11-4-6-13(7-5-11)12-2-1-3-12/h4-8,10,12H,1-3,9H2,(H3,16,17,18,19). The first-order chi connectivity index (χ1) is 9.31. The van der Waals surface area contributed by atoms with Crippen molar-refractivity contribution in [2.24, 2.45) is 0 Å². The summed E-state index contributed by atoms with van der Waals surface area (Å²) < 4.78 is 0. The van der Waals surface area contributed by atoms with Gasteiger partial charge in [0.15, 0.2) is 0 Å². The van der Waals surface area contributed by atoms with Crippen LogP contribution in [0.1, 0.15) is 36.3 Å². The van der Waals surface area contributed by atoms with E-state index in [1.54, 1.807) is 6.07 Å². The summed E-state index contributed by atoms with van der Waals surface area (Å²) in [6.45, 7) is 0.751. The number of benzene rings is 1. The molecule has 4 nitrogen and oxygen atoms in total. The molecule has 0 spiro atoms. The van der Waals surface area contributed by atoms with Crippen LogP contribution in [0.4, 0.5) is 11.6 Å². The summed E-state index contributed by atoms with van der Waals surface area (Å²) in [7, 11) is 0. The van der Waals surface area contributed by atoms with Crippen LogP contribution in [-0.2, 0) is 6.54 Å². The SMILES string of the molecule is Nc1cc(NCc2ccc(C3CCC3)cc2)ncn1. The van der Waals surface area contributed by atoms with Gasteiger partial charge in [0.25, 0.3) is 0 Å². The number of anilines is 2. The summed E-state index contributed by atoms with van der Waals surface area (Å²) >= 11 is 0. The third-order valence-corrected chi connectivity index (χ3v) is 3.72. The van der Waals surface area contributed by atoms with Crippen LogP contribution in [0.15, 0.2) is 36.7 Å². The van der Waals surface area contributed by atoms with Gasteiger partial charge >= 0.3 is 0 Å². The van der Waals surface area contributed by atoms with Gasteiger partial charge in [-0.05, 0) is 29.9 Å². The number of hydrogen-bond acceptors (Lipinski definition) is 4. The number of aromatic nitrogens is 2. The van der Waals surface area contributed by atoms with Crippen molar-refractivity contribution in [1.29, 1.82) is 0 Å². The predicted octanol–water partition coefficient (Wildman–Crippen LogP) is 2.94. The highest BCUT2D eigenvalue weighted by Crippen LogP contribution is 2.36. The van der Waals surface area contributed by atoms with Crippen molar-refractivity contribution >= 4 is 11.6 Å². The maximum Gasteiger partial charge on any atom is 0.131 e. The number of nitrogen functional groups attached to an aromatic ring is 1. The van der Waals surface area contributed by atoms with E-state index in [0.717, 1.165) is 18.3 Å². The number of nitrogens with zero attached hydrogens (tertiary/aromatic N) is 2. The molecule has 1 aliphatic carbocycles. The molecule has 19 heavy (non-hydrogen) atoms. The van der Waals surface area contributed by atoms with Crippen LogP contribution < -0.4 is 11.1 Å². The van der Waals surface area contributed by atoms with Gasteiger partial charge in [-0.1, -0.05) is 30.7 Å². The second kappa shape index (κ2) is 5.26. The number of hydrogen-bond donors (Lipinski definition) is 2. The van der Waals surface area contributed by atoms with Crippen molar-refractivity contribution in [3.05, 3.63) is 47.8 Å². The van der Waals surface area contributed by atoms with Crippen LogP contribution >= 0.6 is 0 Å². The molecule has 1 aromatic heterocycles. The summed E-state index contributed by atoms with van der Waals surface area (Å²) in [6.07, 6.45) is 5.54. The summed E-state index contributed by atoms with van der Waals surface area (Å²) in [4.78, 5) is 7.99. The Bertz CT molecular complexity index is 546. The highest BCUT2D eigenvalue weighted by atomic mass is 15.0. The molecule has 1 aliphatic rings. The second-order valence-electron chi connectivity index (χ2n) is 5.05. The zero-order chi connectivity index (χ0) is 13.1. The quantitative estimate of drug-likeness (QED) is 0.880. The van der Waals surface area contributed by atoms with Crippen LogP contribution in [0.5, 0.6) is 0 Å². The lowest BCUT2D eigenvalue weighted by Gasteiger charge is -2.25. The Hall–Kier alpha value is -2.10. The first-order valence-corrected chi connectivity index (χ1v) is 6.71. The average molecular weight is 254 g/mol. The lowest BCUT2D eigenvalue weighted by Crippen LogP contribution is -2.09. The average Bonchev–Trinajstić information content (AvgIpc) is 2.36. The molecular formula is C15H18N4. The Morgan fingerprint density at radius 2 is 1.95 bits per heavy atom. The fourth-order valence-electron chi connectivity index (χ4n) is 2.31. The topological polar surface area (TPSA) is 63.8 Å². The van der Waals surface area contributed by atoms with Gasteiger partial charge in [0, 0.05) is 12.6 Å².